The molecule has 3 nitrogen and oxygen atoms in total. The number of carbonyl (C=O) groups is 1. The first-order valence-electron chi connectivity index (χ1n) is 6.31. The Morgan fingerprint density at radius 2 is 2.00 bits per heavy atom. The molecule has 1 N–H and O–H groups in total. The van der Waals surface area contributed by atoms with E-state index in [0.717, 1.165) is 17.0 Å². The maximum absolute atomic E-state index is 10.8. The predicted octanol–water partition coefficient (Wildman–Crippen LogP) is 3.73. The van der Waals surface area contributed by atoms with Crippen LogP contribution in [0.3, 0.4) is 0 Å². The fourth-order valence-corrected chi connectivity index (χ4v) is 3.72. The van der Waals surface area contributed by atoms with Crippen molar-refractivity contribution >= 4 is 17.3 Å². The Kier molecular flexibility index (Phi) is 2.71. The summed E-state index contributed by atoms with van der Waals surface area (Å²) in [5.41, 5.74) is 2.70. The maximum Gasteiger partial charge on any atom is 0.335 e. The average Bonchev–Trinajstić information content (AvgIpc) is 2.91. The number of carboxylic acid groups (broad SMARTS) is 1. The maximum atomic E-state index is 10.8. The second-order valence-corrected chi connectivity index (χ2v) is 6.64. The molecule has 19 heavy (non-hydrogen) atoms. The van der Waals surface area contributed by atoms with E-state index < -0.39 is 5.97 Å². The molecule has 1 aliphatic carbocycles. The smallest absolute Gasteiger partial charge is 0.335 e. The monoisotopic (exact) mass is 273 g/mol. The van der Waals surface area contributed by atoms with E-state index in [-0.39, 0.29) is 5.41 Å². The van der Waals surface area contributed by atoms with Crippen LogP contribution in [-0.2, 0) is 11.8 Å². The molecule has 1 aliphatic rings. The lowest BCUT2D eigenvalue weighted by Gasteiger charge is -2.15. The predicted molar refractivity (Wildman–Crippen MR) is 75.9 cm³/mol. The van der Waals surface area contributed by atoms with Gasteiger partial charge in [0.2, 0.25) is 0 Å². The Hall–Kier alpha value is -1.68. The zero-order chi connectivity index (χ0) is 13.6. The highest BCUT2D eigenvalue weighted by Crippen LogP contribution is 2.42. The topological polar surface area (TPSA) is 50.2 Å². The number of aryl methyl sites for hydroxylation is 1. The van der Waals surface area contributed by atoms with Crippen LogP contribution < -0.4 is 0 Å². The van der Waals surface area contributed by atoms with Crippen LogP contribution in [0, 0.1) is 0 Å². The Morgan fingerprint density at radius 3 is 2.58 bits per heavy atom. The first-order chi connectivity index (χ1) is 8.97. The van der Waals surface area contributed by atoms with Crippen molar-refractivity contribution in [3.05, 3.63) is 40.4 Å². The van der Waals surface area contributed by atoms with Gasteiger partial charge in [-0.1, -0.05) is 26.0 Å². The van der Waals surface area contributed by atoms with Crippen molar-refractivity contribution in [3.8, 4) is 10.6 Å². The van der Waals surface area contributed by atoms with Crippen molar-refractivity contribution < 1.29 is 9.90 Å². The SMILES string of the molecule is CC1(C)CCc2sc(-c3ccc(C(=O)O)cc3)nc21. The van der Waals surface area contributed by atoms with E-state index in [2.05, 4.69) is 13.8 Å². The number of fused-ring (bicyclic) bond motifs is 1. The summed E-state index contributed by atoms with van der Waals surface area (Å²) < 4.78 is 0. The minimum Gasteiger partial charge on any atom is -0.478 e. The molecule has 0 spiro atoms. The van der Waals surface area contributed by atoms with Crippen LogP contribution in [0.1, 0.15) is 41.2 Å². The lowest BCUT2D eigenvalue weighted by molar-refractivity contribution is 0.0697. The number of carboxylic acids is 1. The summed E-state index contributed by atoms with van der Waals surface area (Å²) >= 11 is 1.73. The minimum absolute atomic E-state index is 0.172. The number of thiazole rings is 1. The van der Waals surface area contributed by atoms with Gasteiger partial charge in [-0.3, -0.25) is 0 Å². The Labute approximate surface area is 115 Å². The van der Waals surface area contributed by atoms with Crippen LogP contribution in [-0.4, -0.2) is 16.1 Å². The van der Waals surface area contributed by atoms with Crippen LogP contribution in [0.2, 0.25) is 0 Å². The zero-order valence-electron chi connectivity index (χ0n) is 10.9. The van der Waals surface area contributed by atoms with Crippen molar-refractivity contribution in [1.82, 2.24) is 4.98 Å². The van der Waals surface area contributed by atoms with Gasteiger partial charge in [0.25, 0.3) is 0 Å². The molecule has 0 atom stereocenters. The molecule has 0 amide bonds. The molecule has 0 radical (unpaired) electrons. The van der Waals surface area contributed by atoms with Crippen LogP contribution in [0.4, 0.5) is 0 Å². The van der Waals surface area contributed by atoms with E-state index in [1.165, 1.54) is 17.0 Å². The summed E-state index contributed by atoms with van der Waals surface area (Å²) in [6.45, 7) is 4.46. The van der Waals surface area contributed by atoms with E-state index in [0.29, 0.717) is 5.56 Å². The second-order valence-electron chi connectivity index (χ2n) is 5.56. The fourth-order valence-electron chi connectivity index (χ4n) is 2.47. The first kappa shape index (κ1) is 12.4. The molecule has 0 bridgehead atoms. The quantitative estimate of drug-likeness (QED) is 0.907. The fraction of sp³-hybridized carbons (Fsp3) is 0.333. The van der Waals surface area contributed by atoms with Crippen molar-refractivity contribution in [2.24, 2.45) is 0 Å². The molecular formula is C15H15NO2S. The van der Waals surface area contributed by atoms with E-state index in [4.69, 9.17) is 10.1 Å². The molecule has 0 fully saturated rings. The Morgan fingerprint density at radius 1 is 1.32 bits per heavy atom. The highest BCUT2D eigenvalue weighted by atomic mass is 32.1. The molecule has 0 saturated heterocycles. The molecule has 2 aromatic rings. The summed E-state index contributed by atoms with van der Waals surface area (Å²) in [7, 11) is 0. The van der Waals surface area contributed by atoms with E-state index in [1.807, 2.05) is 12.1 Å². The molecule has 1 aromatic carbocycles. The van der Waals surface area contributed by atoms with Gasteiger partial charge in [0, 0.05) is 15.9 Å². The third-order valence-corrected chi connectivity index (χ3v) is 4.86. The van der Waals surface area contributed by atoms with Gasteiger partial charge in [-0.25, -0.2) is 9.78 Å². The summed E-state index contributed by atoms with van der Waals surface area (Å²) in [6.07, 6.45) is 2.27. The molecule has 1 heterocycles. The number of rotatable bonds is 2. The van der Waals surface area contributed by atoms with Gasteiger partial charge in [0.1, 0.15) is 5.01 Å². The third kappa shape index (κ3) is 2.06. The van der Waals surface area contributed by atoms with Crippen LogP contribution in [0.5, 0.6) is 0 Å². The van der Waals surface area contributed by atoms with Crippen molar-refractivity contribution in [1.29, 1.82) is 0 Å². The lowest BCUT2D eigenvalue weighted by Crippen LogP contribution is -2.12. The van der Waals surface area contributed by atoms with Crippen LogP contribution in [0.15, 0.2) is 24.3 Å². The van der Waals surface area contributed by atoms with Gasteiger partial charge >= 0.3 is 5.97 Å². The summed E-state index contributed by atoms with van der Waals surface area (Å²) in [6, 6.07) is 6.94. The summed E-state index contributed by atoms with van der Waals surface area (Å²) in [5, 5.41) is 9.89. The second kappa shape index (κ2) is 4.17. The van der Waals surface area contributed by atoms with E-state index in [1.54, 1.807) is 23.5 Å². The number of nitrogens with zero attached hydrogens (tertiary/aromatic N) is 1. The van der Waals surface area contributed by atoms with Gasteiger partial charge in [0.15, 0.2) is 0 Å². The Balaban J connectivity index is 1.98. The average molecular weight is 273 g/mol. The minimum atomic E-state index is -0.894. The zero-order valence-corrected chi connectivity index (χ0v) is 11.8. The molecule has 98 valence electrons. The number of benzene rings is 1. The molecular weight excluding hydrogens is 258 g/mol. The van der Waals surface area contributed by atoms with Gasteiger partial charge in [-0.2, -0.15) is 0 Å². The summed E-state index contributed by atoms with van der Waals surface area (Å²) in [4.78, 5) is 17.0. The molecule has 4 heteroatoms. The molecule has 3 rings (SSSR count). The van der Waals surface area contributed by atoms with E-state index >= 15 is 0 Å². The highest BCUT2D eigenvalue weighted by molar-refractivity contribution is 7.15. The lowest BCUT2D eigenvalue weighted by atomic mass is 9.91. The van der Waals surface area contributed by atoms with Crippen molar-refractivity contribution in [2.45, 2.75) is 32.1 Å². The van der Waals surface area contributed by atoms with Crippen molar-refractivity contribution in [2.75, 3.05) is 0 Å². The summed E-state index contributed by atoms with van der Waals surface area (Å²) in [5.74, 6) is -0.894. The number of aromatic nitrogens is 1. The standard InChI is InChI=1S/C15H15NO2S/c1-15(2)8-7-11-12(15)16-13(19-11)9-3-5-10(6-4-9)14(17)18/h3-6H,7-8H2,1-2H3,(H,17,18). The molecule has 0 unspecified atom stereocenters. The molecule has 0 aliphatic heterocycles. The molecule has 1 aromatic heterocycles. The first-order valence-corrected chi connectivity index (χ1v) is 7.13. The van der Waals surface area contributed by atoms with E-state index in [9.17, 15) is 4.79 Å². The van der Waals surface area contributed by atoms with Crippen LogP contribution in [0.25, 0.3) is 10.6 Å². The largest absolute Gasteiger partial charge is 0.478 e. The number of hydrogen-bond donors (Lipinski definition) is 1. The van der Waals surface area contributed by atoms with Gasteiger partial charge < -0.3 is 5.11 Å². The Bertz CT molecular complexity index is 641. The molecule has 0 saturated carbocycles. The van der Waals surface area contributed by atoms with Crippen LogP contribution >= 0.6 is 11.3 Å². The van der Waals surface area contributed by atoms with Gasteiger partial charge in [-0.15, -0.1) is 11.3 Å². The van der Waals surface area contributed by atoms with Gasteiger partial charge in [-0.05, 0) is 25.0 Å². The number of aromatic carboxylic acids is 1. The highest BCUT2D eigenvalue weighted by Gasteiger charge is 2.33. The van der Waals surface area contributed by atoms with Gasteiger partial charge in [0.05, 0.1) is 11.3 Å². The normalized spacial score (nSPS) is 16.3. The third-order valence-electron chi connectivity index (χ3n) is 3.69. The van der Waals surface area contributed by atoms with Crippen molar-refractivity contribution in [3.63, 3.8) is 0 Å². The number of hydrogen-bond acceptors (Lipinski definition) is 3.